The standard InChI is InChI=1S/C22H21N5O3S.C2HF3O2/c23-22(24)27-17-5-1-3-14(11-17)21(30)26-16-6-8-18(9-7-16)31-19(12-20(28)29)15-4-2-10-25-13-15;3-2(4,5)1(6)7/h1-11,13,19H,12H2,(H,26,30)(H,28,29)(H4,23,24,27);(H,6,7). The average Bonchev–Trinajstić information content (AvgIpc) is 2.84. The van der Waals surface area contributed by atoms with Gasteiger partial charge in [0.1, 0.15) is 0 Å². The number of carboxylic acid groups (broad SMARTS) is 2. The number of carbonyl (C=O) groups excluding carboxylic acids is 1. The summed E-state index contributed by atoms with van der Waals surface area (Å²) in [6.07, 6.45) is -1.79. The Morgan fingerprint density at radius 2 is 1.68 bits per heavy atom. The molecule has 3 rings (SSSR count). The lowest BCUT2D eigenvalue weighted by Gasteiger charge is -2.15. The second-order valence-electron chi connectivity index (χ2n) is 7.36. The molecule has 0 aliphatic carbocycles. The highest BCUT2D eigenvalue weighted by Crippen LogP contribution is 2.37. The number of carboxylic acids is 2. The fourth-order valence-electron chi connectivity index (χ4n) is 2.80. The highest BCUT2D eigenvalue weighted by molar-refractivity contribution is 7.99. The van der Waals surface area contributed by atoms with Crippen molar-refractivity contribution < 1.29 is 37.8 Å². The molecule has 0 bridgehead atoms. The van der Waals surface area contributed by atoms with E-state index in [2.05, 4.69) is 15.3 Å². The van der Waals surface area contributed by atoms with Crippen LogP contribution in [0.15, 0.2) is 82.9 Å². The van der Waals surface area contributed by atoms with Gasteiger partial charge in [0.2, 0.25) is 0 Å². The lowest BCUT2D eigenvalue weighted by atomic mass is 10.1. The van der Waals surface area contributed by atoms with E-state index in [9.17, 15) is 27.9 Å². The molecule has 10 nitrogen and oxygen atoms in total. The Balaban J connectivity index is 0.000000638. The third-order valence-electron chi connectivity index (χ3n) is 4.42. The van der Waals surface area contributed by atoms with Crippen LogP contribution in [0.3, 0.4) is 0 Å². The first kappa shape index (κ1) is 29.6. The van der Waals surface area contributed by atoms with E-state index < -0.39 is 18.1 Å². The molecule has 1 atom stereocenters. The summed E-state index contributed by atoms with van der Waals surface area (Å²) in [7, 11) is 0. The minimum atomic E-state index is -5.08. The van der Waals surface area contributed by atoms with E-state index in [1.807, 2.05) is 18.2 Å². The van der Waals surface area contributed by atoms with Crippen LogP contribution in [0.2, 0.25) is 0 Å². The van der Waals surface area contributed by atoms with Crippen LogP contribution in [0.1, 0.15) is 27.6 Å². The molecule has 0 aliphatic rings. The second kappa shape index (κ2) is 13.6. The Labute approximate surface area is 218 Å². The van der Waals surface area contributed by atoms with Crippen molar-refractivity contribution >= 4 is 46.9 Å². The summed E-state index contributed by atoms with van der Waals surface area (Å²) in [4.78, 5) is 41.6. The smallest absolute Gasteiger partial charge is 0.481 e. The van der Waals surface area contributed by atoms with Crippen molar-refractivity contribution in [2.45, 2.75) is 22.7 Å². The van der Waals surface area contributed by atoms with Gasteiger partial charge in [-0.25, -0.2) is 9.79 Å². The number of alkyl halides is 3. The van der Waals surface area contributed by atoms with Gasteiger partial charge in [-0.3, -0.25) is 14.6 Å². The number of benzene rings is 2. The number of nitrogens with two attached hydrogens (primary N) is 2. The van der Waals surface area contributed by atoms with E-state index in [4.69, 9.17) is 21.4 Å². The summed E-state index contributed by atoms with van der Waals surface area (Å²) in [6.45, 7) is 0. The predicted octanol–water partition coefficient (Wildman–Crippen LogP) is 4.18. The van der Waals surface area contributed by atoms with Crippen LogP contribution in [0.5, 0.6) is 0 Å². The molecule has 1 unspecified atom stereocenters. The van der Waals surface area contributed by atoms with E-state index in [1.54, 1.807) is 54.9 Å². The zero-order valence-electron chi connectivity index (χ0n) is 19.4. The van der Waals surface area contributed by atoms with Gasteiger partial charge >= 0.3 is 18.1 Å². The third kappa shape index (κ3) is 10.2. The molecule has 0 spiro atoms. The van der Waals surface area contributed by atoms with Crippen molar-refractivity contribution in [3.63, 3.8) is 0 Å². The number of hydrogen-bond donors (Lipinski definition) is 5. The quantitative estimate of drug-likeness (QED) is 0.156. The Morgan fingerprint density at radius 3 is 2.21 bits per heavy atom. The van der Waals surface area contributed by atoms with Crippen LogP contribution < -0.4 is 16.8 Å². The largest absolute Gasteiger partial charge is 0.490 e. The number of hydrogen-bond acceptors (Lipinski definition) is 6. The number of anilines is 1. The first-order valence-electron chi connectivity index (χ1n) is 10.5. The molecule has 1 amide bonds. The number of aromatic nitrogens is 1. The Kier molecular flexibility index (Phi) is 10.6. The number of nitrogens with one attached hydrogen (secondary N) is 1. The lowest BCUT2D eigenvalue weighted by molar-refractivity contribution is -0.192. The van der Waals surface area contributed by atoms with E-state index >= 15 is 0 Å². The van der Waals surface area contributed by atoms with Crippen LogP contribution in [0.4, 0.5) is 24.5 Å². The van der Waals surface area contributed by atoms with Gasteiger partial charge in [-0.15, -0.1) is 11.8 Å². The average molecular weight is 550 g/mol. The number of carbonyl (C=O) groups is 3. The summed E-state index contributed by atoms with van der Waals surface area (Å²) in [5.74, 6) is -4.02. The molecule has 0 fully saturated rings. The summed E-state index contributed by atoms with van der Waals surface area (Å²) in [5.41, 5.74) is 13.1. The minimum Gasteiger partial charge on any atom is -0.481 e. The topological polar surface area (TPSA) is 181 Å². The molecule has 7 N–H and O–H groups in total. The maximum Gasteiger partial charge on any atom is 0.490 e. The molecule has 1 aromatic heterocycles. The number of pyridine rings is 1. The van der Waals surface area contributed by atoms with Crippen LogP contribution in [-0.2, 0) is 9.59 Å². The van der Waals surface area contributed by atoms with Gasteiger partial charge in [0.05, 0.1) is 12.1 Å². The second-order valence-corrected chi connectivity index (χ2v) is 8.64. The van der Waals surface area contributed by atoms with Crippen molar-refractivity contribution in [3.05, 3.63) is 84.2 Å². The third-order valence-corrected chi connectivity index (χ3v) is 5.68. The molecule has 2 aromatic carbocycles. The van der Waals surface area contributed by atoms with Crippen LogP contribution in [0, 0.1) is 0 Å². The van der Waals surface area contributed by atoms with E-state index in [-0.39, 0.29) is 23.5 Å². The van der Waals surface area contributed by atoms with Crippen LogP contribution in [0.25, 0.3) is 0 Å². The molecular weight excluding hydrogens is 527 g/mol. The number of guanidine groups is 1. The molecule has 38 heavy (non-hydrogen) atoms. The van der Waals surface area contributed by atoms with Gasteiger partial charge in [0.15, 0.2) is 5.96 Å². The van der Waals surface area contributed by atoms with Gasteiger partial charge in [-0.05, 0) is 54.1 Å². The maximum absolute atomic E-state index is 12.5. The maximum atomic E-state index is 12.5. The first-order valence-corrected chi connectivity index (χ1v) is 11.4. The molecule has 1 heterocycles. The molecule has 3 aromatic rings. The normalized spacial score (nSPS) is 11.3. The van der Waals surface area contributed by atoms with Gasteiger partial charge in [-0.2, -0.15) is 13.2 Å². The zero-order chi connectivity index (χ0) is 28.3. The summed E-state index contributed by atoms with van der Waals surface area (Å²) in [6, 6.07) is 17.5. The molecule has 200 valence electrons. The number of halogens is 3. The molecule has 0 aliphatic heterocycles. The van der Waals surface area contributed by atoms with Crippen LogP contribution in [-0.4, -0.2) is 45.2 Å². The Hall–Kier alpha value is -4.59. The predicted molar refractivity (Wildman–Crippen MR) is 135 cm³/mol. The van der Waals surface area contributed by atoms with Gasteiger partial charge < -0.3 is 27.0 Å². The fourth-order valence-corrected chi connectivity index (χ4v) is 3.93. The molecule has 0 radical (unpaired) electrons. The van der Waals surface area contributed by atoms with Gasteiger partial charge in [0.25, 0.3) is 5.91 Å². The Bertz CT molecular complexity index is 1280. The Morgan fingerprint density at radius 1 is 1.03 bits per heavy atom. The summed E-state index contributed by atoms with van der Waals surface area (Å²) >= 11 is 1.43. The monoisotopic (exact) mass is 549 g/mol. The summed E-state index contributed by atoms with van der Waals surface area (Å²) in [5, 5.41) is 18.9. The number of amides is 1. The highest BCUT2D eigenvalue weighted by Gasteiger charge is 2.38. The van der Waals surface area contributed by atoms with Gasteiger partial charge in [-0.1, -0.05) is 12.1 Å². The molecule has 0 saturated heterocycles. The van der Waals surface area contributed by atoms with E-state index in [1.165, 1.54) is 11.8 Å². The number of aliphatic carboxylic acids is 2. The lowest BCUT2D eigenvalue weighted by Crippen LogP contribution is -2.21. The van der Waals surface area contributed by atoms with Crippen molar-refractivity contribution in [2.75, 3.05) is 5.32 Å². The number of rotatable bonds is 8. The van der Waals surface area contributed by atoms with E-state index in [0.717, 1.165) is 10.5 Å². The molecule has 0 saturated carbocycles. The number of nitrogens with zero attached hydrogens (tertiary/aromatic N) is 2. The van der Waals surface area contributed by atoms with E-state index in [0.29, 0.717) is 16.9 Å². The SMILES string of the molecule is NC(N)=Nc1cccc(C(=O)Nc2ccc(SC(CC(=O)O)c3cccnc3)cc2)c1.O=C(O)C(F)(F)F. The van der Waals surface area contributed by atoms with Crippen molar-refractivity contribution in [1.29, 1.82) is 0 Å². The first-order chi connectivity index (χ1) is 17.8. The van der Waals surface area contributed by atoms with Crippen molar-refractivity contribution in [3.8, 4) is 0 Å². The minimum absolute atomic E-state index is 0.0268. The summed E-state index contributed by atoms with van der Waals surface area (Å²) < 4.78 is 31.7. The molecule has 14 heteroatoms. The molecular formula is C24H22F3N5O5S. The highest BCUT2D eigenvalue weighted by atomic mass is 32.2. The zero-order valence-corrected chi connectivity index (χ0v) is 20.2. The number of thioether (sulfide) groups is 1. The van der Waals surface area contributed by atoms with Crippen molar-refractivity contribution in [1.82, 2.24) is 4.98 Å². The van der Waals surface area contributed by atoms with Crippen molar-refractivity contribution in [2.24, 2.45) is 16.5 Å². The van der Waals surface area contributed by atoms with Crippen LogP contribution >= 0.6 is 11.8 Å². The van der Waals surface area contributed by atoms with Gasteiger partial charge in [0, 0.05) is 33.8 Å². The fraction of sp³-hybridized carbons (Fsp3) is 0.125. The number of aliphatic imine (C=N–C) groups is 1.